The molecule has 1 aliphatic heterocycles. The van der Waals surface area contributed by atoms with Crippen molar-refractivity contribution >= 4 is 0 Å². The maximum atomic E-state index is 8.61. The highest BCUT2D eigenvalue weighted by atomic mass is 16.2. The van der Waals surface area contributed by atoms with E-state index >= 15 is 0 Å². The number of nitrogens with zero attached hydrogens (tertiary/aromatic N) is 1. The van der Waals surface area contributed by atoms with Gasteiger partial charge >= 0.3 is 0 Å². The molecular weight excluding hydrogens is 178 g/mol. The maximum absolute atomic E-state index is 8.61. The Morgan fingerprint density at radius 1 is 1.50 bits per heavy atom. The summed E-state index contributed by atoms with van der Waals surface area (Å²) in [6, 6.07) is 0.461. The van der Waals surface area contributed by atoms with E-state index in [1.54, 1.807) is 12.3 Å². The summed E-state index contributed by atoms with van der Waals surface area (Å²) in [6.07, 6.45) is 7.33. The molecule has 80 valence electrons. The lowest BCUT2D eigenvalue weighted by Gasteiger charge is -2.34. The van der Waals surface area contributed by atoms with Gasteiger partial charge in [-0.15, -0.1) is 0 Å². The Morgan fingerprint density at radius 2 is 2.36 bits per heavy atom. The van der Waals surface area contributed by atoms with Crippen LogP contribution >= 0.6 is 0 Å². The van der Waals surface area contributed by atoms with Crippen LogP contribution in [-0.4, -0.2) is 42.2 Å². The summed E-state index contributed by atoms with van der Waals surface area (Å²) >= 11 is 0. The third-order valence-corrected chi connectivity index (χ3v) is 2.46. The van der Waals surface area contributed by atoms with Crippen molar-refractivity contribution in [2.75, 3.05) is 26.2 Å². The predicted octanol–water partition coefficient (Wildman–Crippen LogP) is 0.194. The Balaban J connectivity index is 2.41. The number of aliphatic hydroxyl groups is 1. The van der Waals surface area contributed by atoms with Crippen LogP contribution in [-0.2, 0) is 0 Å². The minimum absolute atomic E-state index is 0.461. The van der Waals surface area contributed by atoms with E-state index in [1.165, 1.54) is 0 Å². The van der Waals surface area contributed by atoms with Crippen LogP contribution in [0.4, 0.5) is 0 Å². The molecule has 4 nitrogen and oxygen atoms in total. The molecule has 0 aliphatic carbocycles. The van der Waals surface area contributed by atoms with Crippen molar-refractivity contribution in [2.45, 2.75) is 12.5 Å². The topological polar surface area (TPSA) is 61.5 Å². The van der Waals surface area contributed by atoms with Crippen molar-refractivity contribution in [1.29, 1.82) is 0 Å². The third kappa shape index (κ3) is 3.40. The zero-order valence-electron chi connectivity index (χ0n) is 8.39. The number of rotatable bonds is 4. The zero-order valence-corrected chi connectivity index (χ0v) is 8.39. The summed E-state index contributed by atoms with van der Waals surface area (Å²) < 4.78 is 0. The normalized spacial score (nSPS) is 25.0. The highest BCUT2D eigenvalue weighted by Gasteiger charge is 2.19. The van der Waals surface area contributed by atoms with Crippen LogP contribution in [0.15, 0.2) is 24.6 Å². The van der Waals surface area contributed by atoms with Gasteiger partial charge in [0, 0.05) is 32.2 Å². The largest absolute Gasteiger partial charge is 0.516 e. The molecule has 1 fully saturated rings. The number of nitrogens with one attached hydrogen (secondary N) is 1. The Labute approximate surface area is 85.1 Å². The van der Waals surface area contributed by atoms with E-state index < -0.39 is 0 Å². The van der Waals surface area contributed by atoms with Gasteiger partial charge in [0.15, 0.2) is 0 Å². The molecule has 1 aliphatic rings. The van der Waals surface area contributed by atoms with Gasteiger partial charge in [-0.2, -0.15) is 0 Å². The lowest BCUT2D eigenvalue weighted by molar-refractivity contribution is 0.179. The molecule has 1 atom stereocenters. The summed E-state index contributed by atoms with van der Waals surface area (Å²) in [5, 5.41) is 11.9. The second-order valence-corrected chi connectivity index (χ2v) is 3.40. The Kier molecular flexibility index (Phi) is 5.11. The van der Waals surface area contributed by atoms with Gasteiger partial charge < -0.3 is 16.2 Å². The van der Waals surface area contributed by atoms with Gasteiger partial charge in [0.1, 0.15) is 0 Å². The van der Waals surface area contributed by atoms with Crippen molar-refractivity contribution in [3.8, 4) is 0 Å². The molecule has 1 saturated heterocycles. The van der Waals surface area contributed by atoms with Crippen LogP contribution in [0, 0.1) is 0 Å². The fourth-order valence-electron chi connectivity index (χ4n) is 1.69. The minimum Gasteiger partial charge on any atom is -0.516 e. The molecule has 0 radical (unpaired) electrons. The number of hydrogen-bond acceptors (Lipinski definition) is 4. The second-order valence-electron chi connectivity index (χ2n) is 3.40. The second kappa shape index (κ2) is 6.45. The van der Waals surface area contributed by atoms with Gasteiger partial charge in [-0.3, -0.25) is 4.90 Å². The summed E-state index contributed by atoms with van der Waals surface area (Å²) in [6.45, 7) is 3.93. The smallest absolute Gasteiger partial charge is 0.0752 e. The molecule has 1 rings (SSSR count). The first kappa shape index (κ1) is 11.1. The molecule has 4 heteroatoms. The summed E-state index contributed by atoms with van der Waals surface area (Å²) in [5.74, 6) is 0. The number of aliphatic hydroxyl groups excluding tert-OH is 1. The molecule has 1 heterocycles. The summed E-state index contributed by atoms with van der Waals surface area (Å²) in [5.41, 5.74) is 5.31. The quantitative estimate of drug-likeness (QED) is 0.563. The summed E-state index contributed by atoms with van der Waals surface area (Å²) in [4.78, 5) is 2.36. The molecule has 0 aromatic carbocycles. The Hall–Kier alpha value is -1.00. The molecule has 0 bridgehead atoms. The fourth-order valence-corrected chi connectivity index (χ4v) is 1.69. The third-order valence-electron chi connectivity index (χ3n) is 2.46. The van der Waals surface area contributed by atoms with E-state index in [0.717, 1.165) is 38.9 Å². The van der Waals surface area contributed by atoms with Crippen molar-refractivity contribution in [1.82, 2.24) is 10.2 Å². The van der Waals surface area contributed by atoms with Crippen molar-refractivity contribution in [3.05, 3.63) is 24.6 Å². The van der Waals surface area contributed by atoms with E-state index in [-0.39, 0.29) is 0 Å². The van der Waals surface area contributed by atoms with Gasteiger partial charge in [0.25, 0.3) is 0 Å². The van der Waals surface area contributed by atoms with Crippen molar-refractivity contribution in [2.24, 2.45) is 5.73 Å². The Morgan fingerprint density at radius 3 is 3.07 bits per heavy atom. The van der Waals surface area contributed by atoms with Gasteiger partial charge in [0.2, 0.25) is 0 Å². The van der Waals surface area contributed by atoms with Gasteiger partial charge in [-0.05, 0) is 18.7 Å². The maximum Gasteiger partial charge on any atom is 0.0752 e. The lowest BCUT2D eigenvalue weighted by Crippen LogP contribution is -2.50. The molecule has 0 aromatic heterocycles. The molecule has 0 spiro atoms. The average molecular weight is 197 g/mol. The highest BCUT2D eigenvalue weighted by molar-refractivity contribution is 4.90. The van der Waals surface area contributed by atoms with Crippen molar-refractivity contribution in [3.63, 3.8) is 0 Å². The number of piperazine rings is 1. The van der Waals surface area contributed by atoms with Crippen LogP contribution in [0.5, 0.6) is 0 Å². The minimum atomic E-state index is 0.461. The van der Waals surface area contributed by atoms with Crippen molar-refractivity contribution < 1.29 is 5.11 Å². The lowest BCUT2D eigenvalue weighted by atomic mass is 10.1. The van der Waals surface area contributed by atoms with Crippen LogP contribution in [0.25, 0.3) is 0 Å². The molecular formula is C10H19N3O. The molecule has 0 amide bonds. The molecule has 0 saturated carbocycles. The number of nitrogens with two attached hydrogens (primary N) is 1. The molecule has 0 aromatic rings. The van der Waals surface area contributed by atoms with Gasteiger partial charge in [-0.25, -0.2) is 0 Å². The van der Waals surface area contributed by atoms with Gasteiger partial charge in [0.05, 0.1) is 6.26 Å². The van der Waals surface area contributed by atoms with Crippen LogP contribution in [0.1, 0.15) is 6.42 Å². The van der Waals surface area contributed by atoms with Crippen LogP contribution in [0.3, 0.4) is 0 Å². The molecule has 4 N–H and O–H groups in total. The first-order valence-corrected chi connectivity index (χ1v) is 4.99. The average Bonchev–Trinajstić information content (AvgIpc) is 2.24. The first-order chi connectivity index (χ1) is 6.88. The Bertz CT molecular complexity index is 182. The standard InChI is InChI=1S/C10H19N3O/c11-4-2-6-13-7-5-12-9-10(13)3-1-8-14/h1-2,4,8,10,12,14H,3,5-7,9,11H2. The predicted molar refractivity (Wildman–Crippen MR) is 57.9 cm³/mol. The zero-order chi connectivity index (χ0) is 10.2. The molecule has 1 unspecified atom stereocenters. The fraction of sp³-hybridized carbons (Fsp3) is 0.600. The van der Waals surface area contributed by atoms with Crippen LogP contribution < -0.4 is 11.1 Å². The SMILES string of the molecule is NC=CCN1CCNCC1CC=CO. The van der Waals surface area contributed by atoms with E-state index in [9.17, 15) is 0 Å². The van der Waals surface area contributed by atoms with Crippen LogP contribution in [0.2, 0.25) is 0 Å². The molecule has 14 heavy (non-hydrogen) atoms. The summed E-state index contributed by atoms with van der Waals surface area (Å²) in [7, 11) is 0. The van der Waals surface area contributed by atoms with E-state index in [4.69, 9.17) is 10.8 Å². The van der Waals surface area contributed by atoms with E-state index in [2.05, 4.69) is 10.2 Å². The first-order valence-electron chi connectivity index (χ1n) is 4.99. The monoisotopic (exact) mass is 197 g/mol. The van der Waals surface area contributed by atoms with E-state index in [1.807, 2.05) is 6.08 Å². The van der Waals surface area contributed by atoms with E-state index in [0.29, 0.717) is 6.04 Å². The van der Waals surface area contributed by atoms with Gasteiger partial charge in [-0.1, -0.05) is 6.08 Å². The highest BCUT2D eigenvalue weighted by Crippen LogP contribution is 2.07. The number of hydrogen-bond donors (Lipinski definition) is 3.